The predicted molar refractivity (Wildman–Crippen MR) is 119 cm³/mol. The number of hydrogen-bond donors (Lipinski definition) is 1. The lowest BCUT2D eigenvalue weighted by molar-refractivity contribution is -0.122. The summed E-state index contributed by atoms with van der Waals surface area (Å²) in [5.74, 6) is 0.375. The van der Waals surface area contributed by atoms with Gasteiger partial charge in [-0.25, -0.2) is 4.39 Å². The fourth-order valence-corrected chi connectivity index (χ4v) is 4.48. The van der Waals surface area contributed by atoms with Gasteiger partial charge in [-0.1, -0.05) is 24.6 Å². The van der Waals surface area contributed by atoms with Crippen LogP contribution in [0.15, 0.2) is 47.4 Å². The van der Waals surface area contributed by atoms with E-state index < -0.39 is 0 Å². The fraction of sp³-hybridized carbons (Fsp3) is 0.520. The van der Waals surface area contributed by atoms with Crippen LogP contribution in [0.25, 0.3) is 0 Å². The Morgan fingerprint density at radius 2 is 2.00 bits per heavy atom. The monoisotopic (exact) mass is 425 g/mol. The minimum absolute atomic E-state index is 0.00679. The molecule has 166 valence electrons. The highest BCUT2D eigenvalue weighted by Gasteiger charge is 2.25. The topological polar surface area (TPSA) is 54.3 Å². The van der Waals surface area contributed by atoms with Gasteiger partial charge in [0.25, 0.3) is 5.56 Å². The molecule has 1 aromatic heterocycles. The second kappa shape index (κ2) is 10.2. The molecule has 1 atom stereocenters. The number of rotatable bonds is 9. The standard InChI is InChI=1S/C25H32FN3O2/c26-22-7-3-5-20(15-22)17-27-24(30)16-23-8-1-2-12-28(23)14-11-21-6-4-13-29(25(21)31)18-19-9-10-19/h3-7,13,15,19,23H,1-2,8-12,14,16-18H2,(H,27,30). The Morgan fingerprint density at radius 3 is 2.81 bits per heavy atom. The number of halogens is 1. The number of aromatic nitrogens is 1. The van der Waals surface area contributed by atoms with Gasteiger partial charge >= 0.3 is 0 Å². The van der Waals surface area contributed by atoms with Crippen LogP contribution in [0.1, 0.15) is 49.7 Å². The van der Waals surface area contributed by atoms with E-state index in [2.05, 4.69) is 10.2 Å². The number of carbonyl (C=O) groups excluding carboxylic acids is 1. The van der Waals surface area contributed by atoms with Crippen LogP contribution in [0.3, 0.4) is 0 Å². The highest BCUT2D eigenvalue weighted by atomic mass is 19.1. The van der Waals surface area contributed by atoms with Crippen LogP contribution in [0.4, 0.5) is 4.39 Å². The minimum Gasteiger partial charge on any atom is -0.352 e. The normalized spacial score (nSPS) is 19.3. The van der Waals surface area contributed by atoms with Crippen molar-refractivity contribution in [1.29, 1.82) is 0 Å². The minimum atomic E-state index is -0.290. The first-order valence-electron chi connectivity index (χ1n) is 11.5. The molecule has 2 aromatic rings. The van der Waals surface area contributed by atoms with Gasteiger partial charge in [-0.3, -0.25) is 14.5 Å². The number of likely N-dealkylation sites (tertiary alicyclic amines) is 1. The Labute approximate surface area is 183 Å². The molecule has 4 rings (SSSR count). The van der Waals surface area contributed by atoms with Crippen molar-refractivity contribution < 1.29 is 9.18 Å². The predicted octanol–water partition coefficient (Wildman–Crippen LogP) is 3.50. The zero-order valence-electron chi connectivity index (χ0n) is 18.1. The average Bonchev–Trinajstić information content (AvgIpc) is 3.58. The molecule has 1 unspecified atom stereocenters. The molecule has 2 aliphatic rings. The number of piperidine rings is 1. The molecule has 1 amide bonds. The van der Waals surface area contributed by atoms with Crippen molar-refractivity contribution in [2.24, 2.45) is 5.92 Å². The maximum absolute atomic E-state index is 13.3. The average molecular weight is 426 g/mol. The first-order valence-corrected chi connectivity index (χ1v) is 11.5. The lowest BCUT2D eigenvalue weighted by atomic mass is 9.98. The summed E-state index contributed by atoms with van der Waals surface area (Å²) in [4.78, 5) is 27.6. The molecule has 1 N–H and O–H groups in total. The van der Waals surface area contributed by atoms with E-state index >= 15 is 0 Å². The highest BCUT2D eigenvalue weighted by molar-refractivity contribution is 5.76. The second-order valence-electron chi connectivity index (χ2n) is 8.98. The molecule has 0 radical (unpaired) electrons. The molecule has 6 heteroatoms. The fourth-order valence-electron chi connectivity index (χ4n) is 4.48. The molecule has 1 aromatic carbocycles. The van der Waals surface area contributed by atoms with Crippen LogP contribution in [0.2, 0.25) is 0 Å². The summed E-state index contributed by atoms with van der Waals surface area (Å²) in [6, 6.07) is 10.4. The Bertz CT molecular complexity index is 954. The van der Waals surface area contributed by atoms with E-state index in [9.17, 15) is 14.0 Å². The van der Waals surface area contributed by atoms with Gasteiger partial charge in [-0.05, 0) is 68.3 Å². The molecule has 5 nitrogen and oxygen atoms in total. The van der Waals surface area contributed by atoms with Crippen LogP contribution >= 0.6 is 0 Å². The van der Waals surface area contributed by atoms with E-state index in [-0.39, 0.29) is 23.3 Å². The maximum Gasteiger partial charge on any atom is 0.253 e. The quantitative estimate of drug-likeness (QED) is 0.669. The van der Waals surface area contributed by atoms with Gasteiger partial charge in [0.05, 0.1) is 0 Å². The van der Waals surface area contributed by atoms with Gasteiger partial charge in [0.15, 0.2) is 0 Å². The Balaban J connectivity index is 1.30. The molecule has 1 saturated carbocycles. The van der Waals surface area contributed by atoms with Crippen LogP contribution in [-0.2, 0) is 24.3 Å². The van der Waals surface area contributed by atoms with E-state index in [1.54, 1.807) is 6.07 Å². The van der Waals surface area contributed by atoms with Crippen LogP contribution in [0, 0.1) is 11.7 Å². The van der Waals surface area contributed by atoms with Gasteiger partial charge in [-0.2, -0.15) is 0 Å². The number of hydrogen-bond acceptors (Lipinski definition) is 3. The lowest BCUT2D eigenvalue weighted by Gasteiger charge is -2.35. The van der Waals surface area contributed by atoms with Crippen LogP contribution in [0.5, 0.6) is 0 Å². The Morgan fingerprint density at radius 1 is 1.13 bits per heavy atom. The van der Waals surface area contributed by atoms with Gasteiger partial charge in [0.2, 0.25) is 5.91 Å². The molecule has 0 bridgehead atoms. The van der Waals surface area contributed by atoms with Gasteiger partial charge in [0.1, 0.15) is 5.82 Å². The molecule has 2 heterocycles. The third-order valence-electron chi connectivity index (χ3n) is 6.47. The molecular weight excluding hydrogens is 393 g/mol. The maximum atomic E-state index is 13.3. The number of nitrogens with zero attached hydrogens (tertiary/aromatic N) is 2. The summed E-state index contributed by atoms with van der Waals surface area (Å²) in [6.07, 6.45) is 8.76. The van der Waals surface area contributed by atoms with Crippen molar-refractivity contribution in [2.45, 2.75) is 64.1 Å². The number of benzene rings is 1. The van der Waals surface area contributed by atoms with Crippen LogP contribution < -0.4 is 10.9 Å². The van der Waals surface area contributed by atoms with E-state index in [4.69, 9.17) is 0 Å². The SMILES string of the molecule is O=C(CC1CCCCN1CCc1cccn(CC2CC2)c1=O)NCc1cccc(F)c1. The van der Waals surface area contributed by atoms with Crippen molar-refractivity contribution in [3.63, 3.8) is 0 Å². The number of pyridine rings is 1. The summed E-state index contributed by atoms with van der Waals surface area (Å²) in [7, 11) is 0. The van der Waals surface area contributed by atoms with Crippen LogP contribution in [-0.4, -0.2) is 34.5 Å². The number of carbonyl (C=O) groups is 1. The summed E-state index contributed by atoms with van der Waals surface area (Å²) < 4.78 is 15.2. The van der Waals surface area contributed by atoms with Gasteiger partial charge < -0.3 is 9.88 Å². The van der Waals surface area contributed by atoms with E-state index in [1.807, 2.05) is 29.0 Å². The Kier molecular flexibility index (Phi) is 7.17. The van der Waals surface area contributed by atoms with Crippen molar-refractivity contribution >= 4 is 5.91 Å². The van der Waals surface area contributed by atoms with Crippen molar-refractivity contribution in [3.05, 3.63) is 69.9 Å². The molecule has 2 fully saturated rings. The lowest BCUT2D eigenvalue weighted by Crippen LogP contribution is -2.44. The highest BCUT2D eigenvalue weighted by Crippen LogP contribution is 2.30. The molecule has 31 heavy (non-hydrogen) atoms. The molecule has 1 aliphatic carbocycles. The van der Waals surface area contributed by atoms with E-state index in [0.717, 1.165) is 50.0 Å². The number of nitrogens with one attached hydrogen (secondary N) is 1. The molecular formula is C25H32FN3O2. The zero-order valence-corrected chi connectivity index (χ0v) is 18.1. The van der Waals surface area contributed by atoms with Gasteiger partial charge in [0, 0.05) is 43.9 Å². The second-order valence-corrected chi connectivity index (χ2v) is 8.98. The zero-order chi connectivity index (χ0) is 21.6. The third kappa shape index (κ3) is 6.26. The first kappa shape index (κ1) is 21.8. The molecule has 0 spiro atoms. The van der Waals surface area contributed by atoms with Crippen molar-refractivity contribution in [2.75, 3.05) is 13.1 Å². The summed E-state index contributed by atoms with van der Waals surface area (Å²) >= 11 is 0. The van der Waals surface area contributed by atoms with Gasteiger partial charge in [-0.15, -0.1) is 0 Å². The number of amides is 1. The first-order chi connectivity index (χ1) is 15.1. The molecule has 1 saturated heterocycles. The summed E-state index contributed by atoms with van der Waals surface area (Å²) in [6.45, 7) is 2.94. The third-order valence-corrected chi connectivity index (χ3v) is 6.47. The largest absolute Gasteiger partial charge is 0.352 e. The van der Waals surface area contributed by atoms with E-state index in [1.165, 1.54) is 25.0 Å². The molecule has 1 aliphatic heterocycles. The van der Waals surface area contributed by atoms with Crippen molar-refractivity contribution in [3.8, 4) is 0 Å². The van der Waals surface area contributed by atoms with Crippen molar-refractivity contribution in [1.82, 2.24) is 14.8 Å². The summed E-state index contributed by atoms with van der Waals surface area (Å²) in [5.41, 5.74) is 1.76. The Hall–Kier alpha value is -2.47. The summed E-state index contributed by atoms with van der Waals surface area (Å²) in [5, 5.41) is 2.92. The smallest absolute Gasteiger partial charge is 0.253 e. The van der Waals surface area contributed by atoms with E-state index in [0.29, 0.717) is 25.3 Å².